The number of carbonyl (C=O) groups is 2. The van der Waals surface area contributed by atoms with E-state index in [-0.39, 0.29) is 17.5 Å². The minimum Gasteiger partial charge on any atom is -0.352 e. The minimum atomic E-state index is -0.647. The number of piperazine rings is 1. The van der Waals surface area contributed by atoms with Crippen LogP contribution in [0.5, 0.6) is 0 Å². The molecular weight excluding hydrogens is 396 g/mol. The summed E-state index contributed by atoms with van der Waals surface area (Å²) in [6.07, 6.45) is 8.84. The molecule has 0 spiro atoms. The van der Waals surface area contributed by atoms with Crippen LogP contribution in [-0.4, -0.2) is 70.2 Å². The average molecular weight is 422 g/mol. The highest BCUT2D eigenvalue weighted by molar-refractivity contribution is 5.92. The van der Waals surface area contributed by atoms with Crippen LogP contribution in [0.2, 0.25) is 0 Å². The van der Waals surface area contributed by atoms with Crippen LogP contribution in [0.4, 0.5) is 5.95 Å². The quantitative estimate of drug-likeness (QED) is 0.452. The molecule has 9 nitrogen and oxygen atoms in total. The number of rotatable bonds is 7. The van der Waals surface area contributed by atoms with Gasteiger partial charge in [-0.25, -0.2) is 15.4 Å². The zero-order valence-corrected chi connectivity index (χ0v) is 17.1. The fourth-order valence-corrected chi connectivity index (χ4v) is 3.52. The number of benzene rings is 1. The second kappa shape index (κ2) is 9.67. The van der Waals surface area contributed by atoms with Crippen LogP contribution in [0.15, 0.2) is 48.8 Å². The largest absolute Gasteiger partial charge is 0.352 e. The predicted octanol–water partition coefficient (Wildman–Crippen LogP) is 1.08. The third kappa shape index (κ3) is 5.44. The molecule has 0 radical (unpaired) electrons. The zero-order chi connectivity index (χ0) is 21.6. The van der Waals surface area contributed by atoms with Crippen LogP contribution >= 0.6 is 0 Å². The minimum absolute atomic E-state index is 0.0405. The van der Waals surface area contributed by atoms with Gasteiger partial charge < -0.3 is 10.2 Å². The summed E-state index contributed by atoms with van der Waals surface area (Å²) >= 11 is 0. The van der Waals surface area contributed by atoms with Gasteiger partial charge in [0.15, 0.2) is 0 Å². The fourth-order valence-electron chi connectivity index (χ4n) is 3.52. The number of nitrogens with one attached hydrogen (secondary N) is 2. The molecule has 9 heteroatoms. The number of hydrogen-bond donors (Lipinski definition) is 3. The van der Waals surface area contributed by atoms with Crippen LogP contribution in [-0.2, 0) is 4.79 Å². The molecule has 0 bridgehead atoms. The lowest BCUT2D eigenvalue weighted by Crippen LogP contribution is -2.54. The Morgan fingerprint density at radius 3 is 2.35 bits per heavy atom. The number of anilines is 1. The molecule has 1 aliphatic heterocycles. The summed E-state index contributed by atoms with van der Waals surface area (Å²) in [5, 5.41) is 11.8. The van der Waals surface area contributed by atoms with Crippen molar-refractivity contribution < 1.29 is 14.8 Å². The maximum absolute atomic E-state index is 12.9. The lowest BCUT2D eigenvalue weighted by atomic mass is 10.1. The molecule has 1 saturated carbocycles. The van der Waals surface area contributed by atoms with Crippen LogP contribution < -0.4 is 15.7 Å². The van der Waals surface area contributed by atoms with Crippen LogP contribution in [0.1, 0.15) is 28.8 Å². The molecule has 2 aromatic rings. The van der Waals surface area contributed by atoms with Gasteiger partial charge in [-0.2, -0.15) is 0 Å². The molecule has 1 atom stereocenters. The topological polar surface area (TPSA) is 111 Å². The Balaban J connectivity index is 1.41. The Morgan fingerprint density at radius 2 is 1.74 bits per heavy atom. The third-order valence-corrected chi connectivity index (χ3v) is 5.46. The van der Waals surface area contributed by atoms with Gasteiger partial charge in [-0.05, 0) is 18.4 Å². The van der Waals surface area contributed by atoms with Crippen molar-refractivity contribution in [1.29, 1.82) is 0 Å². The van der Waals surface area contributed by atoms with E-state index in [9.17, 15) is 9.59 Å². The number of aromatic nitrogens is 2. The number of amides is 2. The summed E-state index contributed by atoms with van der Waals surface area (Å²) in [6, 6.07) is 9.94. The summed E-state index contributed by atoms with van der Waals surface area (Å²) in [6.45, 7) is 2.70. The van der Waals surface area contributed by atoms with Crippen LogP contribution in [0.25, 0.3) is 6.08 Å². The van der Waals surface area contributed by atoms with Crippen molar-refractivity contribution in [1.82, 2.24) is 25.7 Å². The van der Waals surface area contributed by atoms with Gasteiger partial charge in [0.25, 0.3) is 5.91 Å². The van der Waals surface area contributed by atoms with E-state index in [1.807, 2.05) is 47.4 Å². The van der Waals surface area contributed by atoms with Crippen LogP contribution in [0.3, 0.4) is 0 Å². The molecule has 1 aromatic carbocycles. The summed E-state index contributed by atoms with van der Waals surface area (Å²) in [7, 11) is 0. The zero-order valence-electron chi connectivity index (χ0n) is 17.1. The maximum atomic E-state index is 12.9. The molecule has 4 rings (SSSR count). The number of hydrogen-bond acceptors (Lipinski definition) is 7. The Bertz CT molecular complexity index is 922. The third-order valence-electron chi connectivity index (χ3n) is 5.46. The molecule has 1 aliphatic carbocycles. The number of carbonyl (C=O) groups excluding carboxylic acids is 2. The lowest BCUT2D eigenvalue weighted by molar-refractivity contribution is -0.125. The van der Waals surface area contributed by atoms with E-state index < -0.39 is 5.91 Å². The Labute approximate surface area is 180 Å². The van der Waals surface area contributed by atoms with Crippen molar-refractivity contribution in [2.75, 3.05) is 31.1 Å². The van der Waals surface area contributed by atoms with Gasteiger partial charge in [0, 0.05) is 44.6 Å². The van der Waals surface area contributed by atoms with Gasteiger partial charge in [-0.15, -0.1) is 0 Å². The lowest BCUT2D eigenvalue weighted by Gasteiger charge is -2.37. The van der Waals surface area contributed by atoms with E-state index in [1.54, 1.807) is 5.48 Å². The first-order chi connectivity index (χ1) is 15.1. The standard InChI is InChI=1S/C22H26N6O3/c29-20(26-31)17-14-23-22(24-15-17)28-12-10-27(11-13-28)19(21(30)25-18-7-8-18)9-6-16-4-2-1-3-5-16/h1-6,9,14-15,18-19,31H,7-8,10-13H2,(H,25,30)(H,26,29). The first-order valence-electron chi connectivity index (χ1n) is 10.4. The monoisotopic (exact) mass is 422 g/mol. The van der Waals surface area contributed by atoms with E-state index in [1.165, 1.54) is 12.4 Å². The summed E-state index contributed by atoms with van der Waals surface area (Å²) in [5.74, 6) is -0.0854. The van der Waals surface area contributed by atoms with Gasteiger partial charge in [0.05, 0.1) is 5.56 Å². The van der Waals surface area contributed by atoms with E-state index in [0.29, 0.717) is 38.2 Å². The highest BCUT2D eigenvalue weighted by Crippen LogP contribution is 2.20. The second-order valence-electron chi connectivity index (χ2n) is 7.73. The fraction of sp³-hybridized carbons (Fsp3) is 0.364. The normalized spacial score (nSPS) is 18.0. The van der Waals surface area contributed by atoms with E-state index >= 15 is 0 Å². The highest BCUT2D eigenvalue weighted by atomic mass is 16.5. The molecule has 1 aromatic heterocycles. The number of hydroxylamine groups is 1. The Hall–Kier alpha value is -3.30. The van der Waals surface area contributed by atoms with Crippen molar-refractivity contribution in [3.8, 4) is 0 Å². The molecule has 162 valence electrons. The summed E-state index contributed by atoms with van der Waals surface area (Å²) in [4.78, 5) is 37.0. The van der Waals surface area contributed by atoms with Gasteiger partial charge in [0.1, 0.15) is 6.04 Å². The second-order valence-corrected chi connectivity index (χ2v) is 7.73. The maximum Gasteiger partial charge on any atom is 0.277 e. The van der Waals surface area contributed by atoms with Crippen molar-refractivity contribution in [3.05, 3.63) is 59.9 Å². The van der Waals surface area contributed by atoms with Crippen molar-refractivity contribution >= 4 is 23.8 Å². The first kappa shape index (κ1) is 21.0. The molecule has 2 fully saturated rings. The molecule has 2 amide bonds. The predicted molar refractivity (Wildman–Crippen MR) is 115 cm³/mol. The molecule has 1 unspecified atom stereocenters. The Morgan fingerprint density at radius 1 is 1.06 bits per heavy atom. The molecule has 2 heterocycles. The molecular formula is C22H26N6O3. The first-order valence-corrected chi connectivity index (χ1v) is 10.4. The summed E-state index contributed by atoms with van der Waals surface area (Å²) < 4.78 is 0. The molecule has 1 saturated heterocycles. The van der Waals surface area contributed by atoms with E-state index in [2.05, 4.69) is 20.2 Å². The van der Waals surface area contributed by atoms with Crippen molar-refractivity contribution in [2.24, 2.45) is 0 Å². The molecule has 2 aliphatic rings. The van der Waals surface area contributed by atoms with E-state index in [4.69, 9.17) is 5.21 Å². The van der Waals surface area contributed by atoms with Crippen molar-refractivity contribution in [2.45, 2.75) is 24.9 Å². The van der Waals surface area contributed by atoms with Crippen molar-refractivity contribution in [3.63, 3.8) is 0 Å². The van der Waals surface area contributed by atoms with Gasteiger partial charge >= 0.3 is 0 Å². The van der Waals surface area contributed by atoms with Crippen LogP contribution in [0, 0.1) is 0 Å². The average Bonchev–Trinajstić information content (AvgIpc) is 3.64. The summed E-state index contributed by atoms with van der Waals surface area (Å²) in [5.41, 5.74) is 2.82. The molecule has 3 N–H and O–H groups in total. The van der Waals surface area contributed by atoms with Gasteiger partial charge in [0.2, 0.25) is 11.9 Å². The van der Waals surface area contributed by atoms with Gasteiger partial charge in [-0.3, -0.25) is 19.7 Å². The van der Waals surface area contributed by atoms with E-state index in [0.717, 1.165) is 18.4 Å². The van der Waals surface area contributed by atoms with Gasteiger partial charge in [-0.1, -0.05) is 42.5 Å². The molecule has 31 heavy (non-hydrogen) atoms. The number of nitrogens with zero attached hydrogens (tertiary/aromatic N) is 4. The highest BCUT2D eigenvalue weighted by Gasteiger charge is 2.31. The SMILES string of the molecule is O=C(NO)c1cnc(N2CCN(C(C=Cc3ccccc3)C(=O)NC3CC3)CC2)nc1. The Kier molecular flexibility index (Phi) is 6.54. The smallest absolute Gasteiger partial charge is 0.277 e.